The summed E-state index contributed by atoms with van der Waals surface area (Å²) in [5.41, 5.74) is 0.854. The average Bonchev–Trinajstić information content (AvgIpc) is 2.44. The Morgan fingerprint density at radius 3 is 2.26 bits per heavy atom. The third kappa shape index (κ3) is 4.42. The van der Waals surface area contributed by atoms with Crippen LogP contribution >= 0.6 is 15.9 Å². The van der Waals surface area contributed by atoms with Gasteiger partial charge in [0, 0.05) is 23.3 Å². The Balaban J connectivity index is 1.92. The predicted molar refractivity (Wildman–Crippen MR) is 75.2 cm³/mol. The second kappa shape index (κ2) is 6.95. The minimum absolute atomic E-state index is 0.122. The van der Waals surface area contributed by atoms with Gasteiger partial charge in [0.25, 0.3) is 11.9 Å². The summed E-state index contributed by atoms with van der Waals surface area (Å²) >= 11 is 3.36. The third-order valence-corrected chi connectivity index (χ3v) is 2.73. The van der Waals surface area contributed by atoms with Crippen LogP contribution < -0.4 is 10.6 Å². The molecule has 0 atom stereocenters. The number of nitrogens with one attached hydrogen (secondary N) is 2. The van der Waals surface area contributed by atoms with E-state index in [4.69, 9.17) is 5.11 Å². The van der Waals surface area contributed by atoms with Crippen LogP contribution in [-0.2, 0) is 0 Å². The minimum Gasteiger partial charge on any atom is -0.396 e. The normalized spacial score (nSPS) is 10.2. The highest BCUT2D eigenvalue weighted by atomic mass is 79.9. The Hall–Kier alpha value is -1.80. The first-order chi connectivity index (χ1) is 9.28. The lowest BCUT2D eigenvalue weighted by atomic mass is 10.3. The van der Waals surface area contributed by atoms with E-state index in [1.165, 1.54) is 0 Å². The number of anilines is 3. The van der Waals surface area contributed by atoms with Crippen molar-refractivity contribution in [2.75, 3.05) is 23.8 Å². The Morgan fingerprint density at radius 1 is 1.00 bits per heavy atom. The fourth-order valence-electron chi connectivity index (χ4n) is 1.29. The molecule has 7 nitrogen and oxygen atoms in total. The van der Waals surface area contributed by atoms with E-state index >= 15 is 0 Å². The summed E-state index contributed by atoms with van der Waals surface area (Å²) in [4.78, 5) is 0. The summed E-state index contributed by atoms with van der Waals surface area (Å²) in [6.07, 6.45) is 0.627. The van der Waals surface area contributed by atoms with Crippen molar-refractivity contribution in [1.82, 2.24) is 20.4 Å². The van der Waals surface area contributed by atoms with Crippen LogP contribution in [0.1, 0.15) is 6.42 Å². The largest absolute Gasteiger partial charge is 0.396 e. The molecule has 0 saturated carbocycles. The fraction of sp³-hybridized carbons (Fsp3) is 0.273. The first kappa shape index (κ1) is 13.6. The van der Waals surface area contributed by atoms with Gasteiger partial charge >= 0.3 is 0 Å². The second-order valence-corrected chi connectivity index (χ2v) is 4.60. The van der Waals surface area contributed by atoms with Gasteiger partial charge in [0.1, 0.15) is 0 Å². The van der Waals surface area contributed by atoms with Crippen LogP contribution in [0.5, 0.6) is 0 Å². The van der Waals surface area contributed by atoms with Crippen LogP contribution in [0.3, 0.4) is 0 Å². The third-order valence-electron chi connectivity index (χ3n) is 2.20. The summed E-state index contributed by atoms with van der Waals surface area (Å²) in [5.74, 6) is 0.671. The zero-order valence-corrected chi connectivity index (χ0v) is 11.6. The number of hydrogen-bond donors (Lipinski definition) is 3. The quantitative estimate of drug-likeness (QED) is 0.694. The number of aromatic nitrogens is 4. The zero-order valence-electron chi connectivity index (χ0n) is 10.0. The van der Waals surface area contributed by atoms with Gasteiger partial charge in [0.2, 0.25) is 0 Å². The molecule has 0 spiro atoms. The van der Waals surface area contributed by atoms with E-state index in [9.17, 15) is 0 Å². The van der Waals surface area contributed by atoms with Gasteiger partial charge in [-0.1, -0.05) is 15.9 Å². The molecule has 19 heavy (non-hydrogen) atoms. The molecule has 0 saturated heterocycles. The summed E-state index contributed by atoms with van der Waals surface area (Å²) < 4.78 is 0.999. The highest BCUT2D eigenvalue weighted by Crippen LogP contribution is 2.16. The van der Waals surface area contributed by atoms with E-state index in [1.807, 2.05) is 24.3 Å². The number of aliphatic hydroxyl groups is 1. The number of nitrogens with zero attached hydrogens (tertiary/aromatic N) is 4. The molecule has 1 aromatic heterocycles. The molecule has 0 unspecified atom stereocenters. The molecule has 1 heterocycles. The maximum Gasteiger partial charge on any atom is 0.266 e. The first-order valence-corrected chi connectivity index (χ1v) is 6.52. The molecular weight excluding hydrogens is 312 g/mol. The van der Waals surface area contributed by atoms with Crippen molar-refractivity contribution in [3.05, 3.63) is 28.7 Å². The monoisotopic (exact) mass is 324 g/mol. The van der Waals surface area contributed by atoms with Crippen LogP contribution in [0.15, 0.2) is 28.7 Å². The van der Waals surface area contributed by atoms with Crippen LogP contribution in [0.25, 0.3) is 0 Å². The highest BCUT2D eigenvalue weighted by Gasteiger charge is 2.01. The molecule has 0 aliphatic heterocycles. The molecule has 2 aromatic rings. The Labute approximate surface area is 118 Å². The summed E-state index contributed by atoms with van der Waals surface area (Å²) in [7, 11) is 0. The fourth-order valence-corrected chi connectivity index (χ4v) is 1.56. The van der Waals surface area contributed by atoms with Crippen molar-refractivity contribution in [2.45, 2.75) is 6.42 Å². The molecule has 0 radical (unpaired) electrons. The molecule has 8 heteroatoms. The first-order valence-electron chi connectivity index (χ1n) is 5.72. The van der Waals surface area contributed by atoms with Crippen LogP contribution in [-0.4, -0.2) is 38.7 Å². The van der Waals surface area contributed by atoms with E-state index in [0.29, 0.717) is 24.9 Å². The topological polar surface area (TPSA) is 95.8 Å². The molecule has 2 rings (SSSR count). The molecule has 0 fully saturated rings. The van der Waals surface area contributed by atoms with Crippen molar-refractivity contribution >= 4 is 33.5 Å². The van der Waals surface area contributed by atoms with Crippen molar-refractivity contribution in [3.63, 3.8) is 0 Å². The summed E-state index contributed by atoms with van der Waals surface area (Å²) in [6.45, 7) is 0.705. The van der Waals surface area contributed by atoms with Crippen LogP contribution in [0.2, 0.25) is 0 Å². The maximum atomic E-state index is 8.65. The summed E-state index contributed by atoms with van der Waals surface area (Å²) in [5, 5.41) is 30.1. The molecule has 100 valence electrons. The standard InChI is InChI=1S/C11H13BrN6O/c12-8-2-4-9(5-3-8)14-11-17-15-10(16-18-11)13-6-1-7-19/h2-5,19H,1,6-7H2,(H,13,15,16)(H,14,17,18). The average molecular weight is 325 g/mol. The van der Waals surface area contributed by atoms with Gasteiger partial charge in [-0.15, -0.1) is 20.4 Å². The van der Waals surface area contributed by atoms with Crippen LogP contribution in [0.4, 0.5) is 17.6 Å². The predicted octanol–water partition coefficient (Wildman–Crippen LogP) is 1.57. The molecule has 0 aliphatic carbocycles. The van der Waals surface area contributed by atoms with Crippen molar-refractivity contribution < 1.29 is 5.11 Å². The Kier molecular flexibility index (Phi) is 4.99. The number of rotatable bonds is 6. The Morgan fingerprint density at radius 2 is 1.63 bits per heavy atom. The van der Waals surface area contributed by atoms with Gasteiger partial charge in [-0.05, 0) is 30.7 Å². The Bertz CT molecular complexity index is 504. The SMILES string of the molecule is OCCCNc1nnc(Nc2ccc(Br)cc2)nn1. The molecular formula is C11H13BrN6O. The zero-order chi connectivity index (χ0) is 13.5. The number of hydrogen-bond acceptors (Lipinski definition) is 7. The number of benzene rings is 1. The van der Waals surface area contributed by atoms with E-state index in [2.05, 4.69) is 47.0 Å². The van der Waals surface area contributed by atoms with Crippen molar-refractivity contribution in [2.24, 2.45) is 0 Å². The van der Waals surface area contributed by atoms with E-state index < -0.39 is 0 Å². The molecule has 0 amide bonds. The van der Waals surface area contributed by atoms with Crippen molar-refractivity contribution in [1.29, 1.82) is 0 Å². The number of aliphatic hydroxyl groups excluding tert-OH is 1. The van der Waals surface area contributed by atoms with Gasteiger partial charge in [0.15, 0.2) is 0 Å². The molecule has 1 aromatic carbocycles. The second-order valence-electron chi connectivity index (χ2n) is 3.68. The lowest BCUT2D eigenvalue weighted by Crippen LogP contribution is -2.10. The van der Waals surface area contributed by atoms with E-state index in [0.717, 1.165) is 10.2 Å². The van der Waals surface area contributed by atoms with E-state index in [-0.39, 0.29) is 6.61 Å². The maximum absolute atomic E-state index is 8.65. The summed E-state index contributed by atoms with van der Waals surface area (Å²) in [6, 6.07) is 7.60. The van der Waals surface area contributed by atoms with Crippen molar-refractivity contribution in [3.8, 4) is 0 Å². The van der Waals surface area contributed by atoms with Gasteiger partial charge in [-0.25, -0.2) is 0 Å². The highest BCUT2D eigenvalue weighted by molar-refractivity contribution is 9.10. The minimum atomic E-state index is 0.122. The van der Waals surface area contributed by atoms with Gasteiger partial charge in [-0.3, -0.25) is 0 Å². The van der Waals surface area contributed by atoms with Gasteiger partial charge in [-0.2, -0.15) is 0 Å². The van der Waals surface area contributed by atoms with Gasteiger partial charge < -0.3 is 15.7 Å². The smallest absolute Gasteiger partial charge is 0.266 e. The lowest BCUT2D eigenvalue weighted by molar-refractivity contribution is 0.292. The van der Waals surface area contributed by atoms with Crippen LogP contribution in [0, 0.1) is 0 Å². The molecule has 0 aliphatic rings. The number of halogens is 1. The van der Waals surface area contributed by atoms with Gasteiger partial charge in [0.05, 0.1) is 0 Å². The van der Waals surface area contributed by atoms with E-state index in [1.54, 1.807) is 0 Å². The molecule has 3 N–H and O–H groups in total. The molecule has 0 bridgehead atoms. The lowest BCUT2D eigenvalue weighted by Gasteiger charge is -2.04.